The average Bonchev–Trinajstić information content (AvgIpc) is 3.39. The van der Waals surface area contributed by atoms with E-state index in [2.05, 4.69) is 10.2 Å². The van der Waals surface area contributed by atoms with Gasteiger partial charge >= 0.3 is 0 Å². The van der Waals surface area contributed by atoms with E-state index in [-0.39, 0.29) is 24.5 Å². The normalized spacial score (nSPS) is 19.6. The van der Waals surface area contributed by atoms with Crippen LogP contribution in [-0.4, -0.2) is 75.3 Å². The van der Waals surface area contributed by atoms with Crippen molar-refractivity contribution in [3.63, 3.8) is 0 Å². The van der Waals surface area contributed by atoms with Gasteiger partial charge in [-0.2, -0.15) is 5.10 Å². The Kier molecular flexibility index (Phi) is 5.98. The van der Waals surface area contributed by atoms with Gasteiger partial charge in [-0.25, -0.2) is 0 Å². The molecule has 4 rings (SSSR count). The number of halogens is 1. The molecule has 0 radical (unpaired) electrons. The molecule has 0 saturated carbocycles. The van der Waals surface area contributed by atoms with Gasteiger partial charge in [0.05, 0.1) is 0 Å². The number of benzene rings is 1. The highest BCUT2D eigenvalue weighted by molar-refractivity contribution is 7.71. The summed E-state index contributed by atoms with van der Waals surface area (Å²) in [6, 6.07) is 7.21. The second-order valence-electron chi connectivity index (χ2n) is 7.15. The lowest BCUT2D eigenvalue weighted by atomic mass is 10.2. The molecule has 0 spiro atoms. The fraction of sp³-hybridized carbons (Fsp3) is 0.474. The van der Waals surface area contributed by atoms with Crippen LogP contribution in [0.4, 0.5) is 0 Å². The van der Waals surface area contributed by atoms with Crippen molar-refractivity contribution < 1.29 is 14.3 Å². The van der Waals surface area contributed by atoms with Crippen LogP contribution in [0.2, 0.25) is 5.02 Å². The molecule has 1 aromatic carbocycles. The predicted molar refractivity (Wildman–Crippen MR) is 110 cm³/mol. The maximum absolute atomic E-state index is 12.9. The molecule has 1 N–H and O–H groups in total. The number of aromatic nitrogens is 3. The van der Waals surface area contributed by atoms with Crippen LogP contribution >= 0.6 is 23.8 Å². The summed E-state index contributed by atoms with van der Waals surface area (Å²) >= 11 is 11.3. The summed E-state index contributed by atoms with van der Waals surface area (Å²) in [7, 11) is 0. The minimum Gasteiger partial charge on any atom is -0.368 e. The van der Waals surface area contributed by atoms with E-state index in [1.807, 2.05) is 12.1 Å². The van der Waals surface area contributed by atoms with Crippen LogP contribution in [0.15, 0.2) is 24.3 Å². The Morgan fingerprint density at radius 2 is 1.86 bits per heavy atom. The fourth-order valence-electron chi connectivity index (χ4n) is 3.67. The van der Waals surface area contributed by atoms with E-state index in [4.69, 9.17) is 28.6 Å². The Morgan fingerprint density at radius 3 is 2.52 bits per heavy atom. The van der Waals surface area contributed by atoms with Gasteiger partial charge in [0.15, 0.2) is 10.6 Å². The van der Waals surface area contributed by atoms with Crippen LogP contribution in [-0.2, 0) is 20.9 Å². The van der Waals surface area contributed by atoms with Gasteiger partial charge in [-0.1, -0.05) is 11.6 Å². The van der Waals surface area contributed by atoms with Crippen molar-refractivity contribution in [2.24, 2.45) is 0 Å². The molecule has 2 amide bonds. The minimum atomic E-state index is -0.316. The molecule has 2 saturated heterocycles. The second-order valence-corrected chi connectivity index (χ2v) is 7.98. The standard InChI is InChI=1S/C19H22ClN5O3S/c20-14-5-3-13(4-6-14)17-21-22-19(29)25(17)12-16(26)23-7-9-24(10-8-23)18(27)15-2-1-11-28-15/h3-6,15H,1-2,7-12H2,(H,22,29). The van der Waals surface area contributed by atoms with E-state index < -0.39 is 0 Å². The number of rotatable bonds is 4. The van der Waals surface area contributed by atoms with Crippen LogP contribution in [0, 0.1) is 4.77 Å². The van der Waals surface area contributed by atoms with Crippen LogP contribution in [0.25, 0.3) is 11.4 Å². The fourth-order valence-corrected chi connectivity index (χ4v) is 3.99. The zero-order valence-electron chi connectivity index (χ0n) is 15.8. The topological polar surface area (TPSA) is 83.5 Å². The van der Waals surface area contributed by atoms with Gasteiger partial charge in [0.1, 0.15) is 12.6 Å². The highest BCUT2D eigenvalue weighted by atomic mass is 35.5. The molecule has 154 valence electrons. The molecule has 8 nitrogen and oxygen atoms in total. The monoisotopic (exact) mass is 435 g/mol. The van der Waals surface area contributed by atoms with E-state index in [1.165, 1.54) is 0 Å². The maximum atomic E-state index is 12.9. The first-order valence-corrected chi connectivity index (χ1v) is 10.4. The van der Waals surface area contributed by atoms with Gasteiger partial charge in [0.2, 0.25) is 5.91 Å². The summed E-state index contributed by atoms with van der Waals surface area (Å²) in [4.78, 5) is 28.9. The number of amides is 2. The van der Waals surface area contributed by atoms with Crippen molar-refractivity contribution in [1.82, 2.24) is 24.6 Å². The zero-order valence-corrected chi connectivity index (χ0v) is 17.4. The number of aromatic amines is 1. The van der Waals surface area contributed by atoms with E-state index in [0.717, 1.165) is 18.4 Å². The first kappa shape index (κ1) is 20.1. The smallest absolute Gasteiger partial charge is 0.251 e. The van der Waals surface area contributed by atoms with Crippen molar-refractivity contribution in [2.75, 3.05) is 32.8 Å². The Labute approximate surface area is 178 Å². The molecule has 2 aliphatic heterocycles. The molecule has 2 aliphatic rings. The van der Waals surface area contributed by atoms with Crippen molar-refractivity contribution in [3.05, 3.63) is 34.1 Å². The Bertz CT molecular complexity index is 943. The minimum absolute atomic E-state index is 0.0386. The SMILES string of the molecule is O=C(Cn1c(-c2ccc(Cl)cc2)n[nH]c1=S)N1CCN(C(=O)C2CCCO2)CC1. The van der Waals surface area contributed by atoms with Gasteiger partial charge < -0.3 is 14.5 Å². The van der Waals surface area contributed by atoms with Gasteiger partial charge in [-0.15, -0.1) is 0 Å². The Hall–Kier alpha value is -2.23. The Morgan fingerprint density at radius 1 is 1.17 bits per heavy atom. The van der Waals surface area contributed by atoms with Gasteiger partial charge in [0, 0.05) is 43.4 Å². The van der Waals surface area contributed by atoms with E-state index >= 15 is 0 Å². The summed E-state index contributed by atoms with van der Waals surface area (Å²) in [6.45, 7) is 2.77. The molecule has 3 heterocycles. The summed E-state index contributed by atoms with van der Waals surface area (Å²) in [5.41, 5.74) is 0.821. The number of nitrogens with zero attached hydrogens (tertiary/aromatic N) is 4. The summed E-state index contributed by atoms with van der Waals surface area (Å²) in [5, 5.41) is 7.64. The molecule has 0 bridgehead atoms. The number of carbonyl (C=O) groups excluding carboxylic acids is 2. The second kappa shape index (κ2) is 8.64. The molecule has 29 heavy (non-hydrogen) atoms. The molecule has 2 fully saturated rings. The van der Waals surface area contributed by atoms with E-state index in [0.29, 0.717) is 48.4 Å². The highest BCUT2D eigenvalue weighted by Crippen LogP contribution is 2.20. The maximum Gasteiger partial charge on any atom is 0.251 e. The zero-order chi connectivity index (χ0) is 20.4. The first-order valence-electron chi connectivity index (χ1n) is 9.62. The average molecular weight is 436 g/mol. The molecule has 1 unspecified atom stereocenters. The lowest BCUT2D eigenvalue weighted by molar-refractivity contribution is -0.146. The summed E-state index contributed by atoms with van der Waals surface area (Å²) in [6.07, 6.45) is 1.39. The number of hydrogen-bond donors (Lipinski definition) is 1. The molecule has 1 atom stereocenters. The quantitative estimate of drug-likeness (QED) is 0.743. The highest BCUT2D eigenvalue weighted by Gasteiger charge is 2.31. The molecule has 0 aliphatic carbocycles. The first-order chi connectivity index (χ1) is 14.0. The van der Waals surface area contributed by atoms with Crippen molar-refractivity contribution in [3.8, 4) is 11.4 Å². The number of hydrogen-bond acceptors (Lipinski definition) is 5. The third-order valence-electron chi connectivity index (χ3n) is 5.30. The van der Waals surface area contributed by atoms with Gasteiger partial charge in [0.25, 0.3) is 5.91 Å². The van der Waals surface area contributed by atoms with Crippen LogP contribution in [0.5, 0.6) is 0 Å². The number of ether oxygens (including phenoxy) is 1. The lowest BCUT2D eigenvalue weighted by Crippen LogP contribution is -2.53. The number of carbonyl (C=O) groups is 2. The van der Waals surface area contributed by atoms with Crippen molar-refractivity contribution in [2.45, 2.75) is 25.5 Å². The van der Waals surface area contributed by atoms with E-state index in [9.17, 15) is 9.59 Å². The number of H-pyrrole nitrogens is 1. The van der Waals surface area contributed by atoms with Crippen LogP contribution < -0.4 is 0 Å². The summed E-state index contributed by atoms with van der Waals surface area (Å²) in [5.74, 6) is 0.575. The van der Waals surface area contributed by atoms with Crippen molar-refractivity contribution in [1.29, 1.82) is 0 Å². The molecular formula is C19H22ClN5O3S. The molecule has 10 heteroatoms. The molecule has 1 aromatic heterocycles. The summed E-state index contributed by atoms with van der Waals surface area (Å²) < 4.78 is 7.55. The third kappa shape index (κ3) is 4.36. The number of piperazine rings is 1. The third-order valence-corrected chi connectivity index (χ3v) is 5.87. The lowest BCUT2D eigenvalue weighted by Gasteiger charge is -2.35. The van der Waals surface area contributed by atoms with Crippen LogP contribution in [0.1, 0.15) is 12.8 Å². The largest absolute Gasteiger partial charge is 0.368 e. The van der Waals surface area contributed by atoms with E-state index in [1.54, 1.807) is 26.5 Å². The molecular weight excluding hydrogens is 414 g/mol. The van der Waals surface area contributed by atoms with Gasteiger partial charge in [-0.05, 0) is 49.3 Å². The number of nitrogens with one attached hydrogen (secondary N) is 1. The molecule has 2 aromatic rings. The van der Waals surface area contributed by atoms with Crippen molar-refractivity contribution >= 4 is 35.6 Å². The van der Waals surface area contributed by atoms with Gasteiger partial charge in [-0.3, -0.25) is 19.3 Å². The predicted octanol–water partition coefficient (Wildman–Crippen LogP) is 2.11. The Balaban J connectivity index is 1.39. The van der Waals surface area contributed by atoms with Crippen LogP contribution in [0.3, 0.4) is 0 Å².